The van der Waals surface area contributed by atoms with Gasteiger partial charge in [0.2, 0.25) is 11.8 Å². The molecule has 23 heavy (non-hydrogen) atoms. The Bertz CT molecular complexity index is 756. The molecule has 0 bridgehead atoms. The molecule has 0 unspecified atom stereocenters. The largest absolute Gasteiger partial charge is 0.323 e. The predicted molar refractivity (Wildman–Crippen MR) is 83.9 cm³/mol. The van der Waals surface area contributed by atoms with Gasteiger partial charge in [-0.15, -0.1) is 0 Å². The quantitative estimate of drug-likeness (QED) is 0.849. The standard InChI is InChI=1S/C17H14F2N2O2/c1-11-2-5-14(10-15(11)19)21-17(23)9-8-16(22)20-13-6-3-12(18)4-7-13/h2-10H,1H3,(H,20,22)(H,21,23)/b9-8-. The van der Waals surface area contributed by atoms with Crippen LogP contribution in [0.15, 0.2) is 54.6 Å². The van der Waals surface area contributed by atoms with E-state index in [9.17, 15) is 18.4 Å². The highest BCUT2D eigenvalue weighted by atomic mass is 19.1. The Morgan fingerprint density at radius 2 is 1.39 bits per heavy atom. The van der Waals surface area contributed by atoms with E-state index in [1.54, 1.807) is 13.0 Å². The van der Waals surface area contributed by atoms with Crippen LogP contribution in [0.4, 0.5) is 20.2 Å². The smallest absolute Gasteiger partial charge is 0.248 e. The van der Waals surface area contributed by atoms with Crippen molar-refractivity contribution in [1.82, 2.24) is 0 Å². The van der Waals surface area contributed by atoms with Gasteiger partial charge >= 0.3 is 0 Å². The van der Waals surface area contributed by atoms with E-state index in [0.29, 0.717) is 16.9 Å². The summed E-state index contributed by atoms with van der Waals surface area (Å²) in [5.74, 6) is -1.95. The van der Waals surface area contributed by atoms with E-state index in [0.717, 1.165) is 12.2 Å². The number of carbonyl (C=O) groups excluding carboxylic acids is 2. The van der Waals surface area contributed by atoms with Crippen molar-refractivity contribution < 1.29 is 18.4 Å². The summed E-state index contributed by atoms with van der Waals surface area (Å²) in [5, 5.41) is 4.91. The summed E-state index contributed by atoms with van der Waals surface area (Å²) < 4.78 is 26.1. The van der Waals surface area contributed by atoms with Crippen LogP contribution < -0.4 is 10.6 Å². The second-order valence-electron chi connectivity index (χ2n) is 4.78. The zero-order chi connectivity index (χ0) is 16.8. The van der Waals surface area contributed by atoms with Crippen molar-refractivity contribution in [2.24, 2.45) is 0 Å². The molecule has 0 fully saturated rings. The first kappa shape index (κ1) is 16.4. The lowest BCUT2D eigenvalue weighted by atomic mass is 10.2. The lowest BCUT2D eigenvalue weighted by Crippen LogP contribution is -2.12. The molecule has 0 aliphatic heterocycles. The van der Waals surface area contributed by atoms with Gasteiger partial charge in [0.15, 0.2) is 0 Å². The molecule has 118 valence electrons. The van der Waals surface area contributed by atoms with Gasteiger partial charge in [-0.25, -0.2) is 8.78 Å². The normalized spacial score (nSPS) is 10.6. The van der Waals surface area contributed by atoms with E-state index in [-0.39, 0.29) is 0 Å². The fraction of sp³-hybridized carbons (Fsp3) is 0.0588. The maximum Gasteiger partial charge on any atom is 0.248 e. The summed E-state index contributed by atoms with van der Waals surface area (Å²) in [6.45, 7) is 1.61. The first-order valence-corrected chi connectivity index (χ1v) is 6.76. The Hall–Kier alpha value is -3.02. The summed E-state index contributed by atoms with van der Waals surface area (Å²) in [5.41, 5.74) is 1.17. The SMILES string of the molecule is Cc1ccc(NC(=O)/C=C\C(=O)Nc2ccc(F)cc2)cc1F. The van der Waals surface area contributed by atoms with Crippen molar-refractivity contribution >= 4 is 23.2 Å². The van der Waals surface area contributed by atoms with Crippen molar-refractivity contribution in [1.29, 1.82) is 0 Å². The van der Waals surface area contributed by atoms with Crippen LogP contribution in [0.3, 0.4) is 0 Å². The van der Waals surface area contributed by atoms with E-state index in [1.165, 1.54) is 36.4 Å². The molecule has 2 N–H and O–H groups in total. The maximum atomic E-state index is 13.4. The van der Waals surface area contributed by atoms with E-state index < -0.39 is 23.4 Å². The Kier molecular flexibility index (Phi) is 5.19. The first-order chi connectivity index (χ1) is 10.9. The minimum Gasteiger partial charge on any atom is -0.323 e. The van der Waals surface area contributed by atoms with Gasteiger partial charge in [0.1, 0.15) is 11.6 Å². The number of anilines is 2. The van der Waals surface area contributed by atoms with E-state index >= 15 is 0 Å². The van der Waals surface area contributed by atoms with Crippen LogP contribution in [-0.2, 0) is 9.59 Å². The van der Waals surface area contributed by atoms with E-state index in [1.807, 2.05) is 0 Å². The lowest BCUT2D eigenvalue weighted by molar-refractivity contribution is -0.114. The van der Waals surface area contributed by atoms with Crippen LogP contribution in [0.25, 0.3) is 0 Å². The molecule has 6 heteroatoms. The molecule has 2 rings (SSSR count). The van der Waals surface area contributed by atoms with Crippen LogP contribution in [0, 0.1) is 18.6 Å². The van der Waals surface area contributed by atoms with Crippen LogP contribution in [-0.4, -0.2) is 11.8 Å². The zero-order valence-corrected chi connectivity index (χ0v) is 12.3. The number of hydrogen-bond acceptors (Lipinski definition) is 2. The first-order valence-electron chi connectivity index (χ1n) is 6.76. The second kappa shape index (κ2) is 7.31. The Labute approximate surface area is 131 Å². The number of amides is 2. The molecule has 2 amide bonds. The fourth-order valence-corrected chi connectivity index (χ4v) is 1.72. The Balaban J connectivity index is 1.90. The number of hydrogen-bond donors (Lipinski definition) is 2. The molecule has 2 aromatic carbocycles. The van der Waals surface area contributed by atoms with Crippen molar-refractivity contribution in [2.75, 3.05) is 10.6 Å². The van der Waals surface area contributed by atoms with Gasteiger partial charge in [-0.3, -0.25) is 9.59 Å². The van der Waals surface area contributed by atoms with Gasteiger partial charge in [-0.05, 0) is 48.9 Å². The highest BCUT2D eigenvalue weighted by Gasteiger charge is 2.03. The third-order valence-electron chi connectivity index (χ3n) is 2.94. The number of rotatable bonds is 4. The summed E-state index contributed by atoms with van der Waals surface area (Å²) in [6, 6.07) is 9.50. The highest BCUT2D eigenvalue weighted by molar-refractivity contribution is 6.06. The van der Waals surface area contributed by atoms with E-state index in [4.69, 9.17) is 0 Å². The fourth-order valence-electron chi connectivity index (χ4n) is 1.72. The number of aryl methyl sites for hydroxylation is 1. The lowest BCUT2D eigenvalue weighted by Gasteiger charge is -2.04. The molecular formula is C17H14F2N2O2. The van der Waals surface area contributed by atoms with Gasteiger partial charge < -0.3 is 10.6 Å². The second-order valence-corrected chi connectivity index (χ2v) is 4.78. The monoisotopic (exact) mass is 316 g/mol. The molecule has 2 aromatic rings. The Morgan fingerprint density at radius 1 is 0.870 bits per heavy atom. The molecule has 0 aliphatic carbocycles. The summed E-state index contributed by atoms with van der Waals surface area (Å²) >= 11 is 0. The third-order valence-corrected chi connectivity index (χ3v) is 2.94. The number of benzene rings is 2. The predicted octanol–water partition coefficient (Wildman–Crippen LogP) is 3.41. The third kappa shape index (κ3) is 5.03. The molecular weight excluding hydrogens is 302 g/mol. The number of halogens is 2. The van der Waals surface area contributed by atoms with Crippen LogP contribution in [0.1, 0.15) is 5.56 Å². The van der Waals surface area contributed by atoms with Crippen LogP contribution in [0.5, 0.6) is 0 Å². The maximum absolute atomic E-state index is 13.4. The average Bonchev–Trinajstić information content (AvgIpc) is 2.51. The van der Waals surface area contributed by atoms with Crippen molar-refractivity contribution in [2.45, 2.75) is 6.92 Å². The number of nitrogens with one attached hydrogen (secondary N) is 2. The molecule has 0 saturated heterocycles. The topological polar surface area (TPSA) is 58.2 Å². The minimum atomic E-state index is -0.567. The molecule has 0 aliphatic rings. The molecule has 0 spiro atoms. The molecule has 0 heterocycles. The summed E-state index contributed by atoms with van der Waals surface area (Å²) in [4.78, 5) is 23.3. The zero-order valence-electron chi connectivity index (χ0n) is 12.3. The summed E-state index contributed by atoms with van der Waals surface area (Å²) in [6.07, 6.45) is 2.06. The van der Waals surface area contributed by atoms with Crippen LogP contribution >= 0.6 is 0 Å². The van der Waals surface area contributed by atoms with Gasteiger partial charge in [0.05, 0.1) is 0 Å². The average molecular weight is 316 g/mol. The summed E-state index contributed by atoms with van der Waals surface area (Å²) in [7, 11) is 0. The number of carbonyl (C=O) groups is 2. The molecule has 0 aromatic heterocycles. The highest BCUT2D eigenvalue weighted by Crippen LogP contribution is 2.13. The van der Waals surface area contributed by atoms with Crippen molar-refractivity contribution in [3.63, 3.8) is 0 Å². The minimum absolute atomic E-state index is 0.293. The molecule has 0 atom stereocenters. The van der Waals surface area contributed by atoms with Gasteiger partial charge in [-0.2, -0.15) is 0 Å². The van der Waals surface area contributed by atoms with Crippen LogP contribution in [0.2, 0.25) is 0 Å². The van der Waals surface area contributed by atoms with Crippen molar-refractivity contribution in [3.8, 4) is 0 Å². The Morgan fingerprint density at radius 3 is 1.96 bits per heavy atom. The van der Waals surface area contributed by atoms with Gasteiger partial charge in [0.25, 0.3) is 0 Å². The van der Waals surface area contributed by atoms with Gasteiger partial charge in [0, 0.05) is 23.5 Å². The van der Waals surface area contributed by atoms with Gasteiger partial charge in [-0.1, -0.05) is 6.07 Å². The molecule has 0 saturated carbocycles. The molecule has 0 radical (unpaired) electrons. The van der Waals surface area contributed by atoms with Crippen molar-refractivity contribution in [3.05, 3.63) is 71.8 Å². The van der Waals surface area contributed by atoms with E-state index in [2.05, 4.69) is 10.6 Å². The molecule has 4 nitrogen and oxygen atoms in total.